The predicted molar refractivity (Wildman–Crippen MR) is 82.9 cm³/mol. The number of rotatable bonds is 7. The Morgan fingerprint density at radius 3 is 2.90 bits per heavy atom. The van der Waals surface area contributed by atoms with Gasteiger partial charge in [-0.15, -0.1) is 0 Å². The zero-order chi connectivity index (χ0) is 15.1. The first-order chi connectivity index (χ1) is 9.51. The molecule has 0 aliphatic rings. The van der Waals surface area contributed by atoms with Crippen molar-refractivity contribution in [3.8, 4) is 0 Å². The molecule has 0 fully saturated rings. The lowest BCUT2D eigenvalue weighted by molar-refractivity contribution is 0.0757. The first-order valence-corrected chi connectivity index (χ1v) is 8.06. The van der Waals surface area contributed by atoms with Gasteiger partial charge in [0.05, 0.1) is 11.8 Å². The van der Waals surface area contributed by atoms with Crippen molar-refractivity contribution in [1.29, 1.82) is 0 Å². The summed E-state index contributed by atoms with van der Waals surface area (Å²) in [6.07, 6.45) is 4.03. The zero-order valence-electron chi connectivity index (χ0n) is 12.4. The highest BCUT2D eigenvalue weighted by Gasteiger charge is 2.21. The molecule has 1 aromatic rings. The van der Waals surface area contributed by atoms with E-state index in [1.165, 1.54) is 6.07 Å². The van der Waals surface area contributed by atoms with E-state index in [0.717, 1.165) is 18.4 Å². The van der Waals surface area contributed by atoms with E-state index >= 15 is 0 Å². The first-order valence-electron chi connectivity index (χ1n) is 6.66. The summed E-state index contributed by atoms with van der Waals surface area (Å²) >= 11 is 1.67. The molecule has 1 amide bonds. The van der Waals surface area contributed by atoms with Crippen LogP contribution in [0.25, 0.3) is 0 Å². The molecule has 0 aliphatic carbocycles. The highest BCUT2D eigenvalue weighted by molar-refractivity contribution is 7.98. The number of halogens is 1. The molecule has 1 heterocycles. The third-order valence-corrected chi connectivity index (χ3v) is 3.83. The second-order valence-electron chi connectivity index (χ2n) is 4.70. The maximum Gasteiger partial charge on any atom is 0.257 e. The van der Waals surface area contributed by atoms with E-state index in [9.17, 15) is 9.18 Å². The first kappa shape index (κ1) is 16.8. The van der Waals surface area contributed by atoms with Crippen LogP contribution in [0, 0.1) is 5.82 Å². The fraction of sp³-hybridized carbons (Fsp3) is 0.571. The molecule has 0 saturated heterocycles. The number of hydrogen-bond acceptors (Lipinski definition) is 4. The van der Waals surface area contributed by atoms with Crippen molar-refractivity contribution in [2.24, 2.45) is 0 Å². The van der Waals surface area contributed by atoms with E-state index in [-0.39, 0.29) is 17.5 Å². The zero-order valence-corrected chi connectivity index (χ0v) is 13.3. The maximum absolute atomic E-state index is 13.4. The van der Waals surface area contributed by atoms with Gasteiger partial charge >= 0.3 is 0 Å². The van der Waals surface area contributed by atoms with Crippen molar-refractivity contribution < 1.29 is 9.18 Å². The number of aromatic nitrogens is 1. The number of hydrogen-bond donors (Lipinski definition) is 1. The largest absolute Gasteiger partial charge is 0.369 e. The van der Waals surface area contributed by atoms with Gasteiger partial charge in [-0.1, -0.05) is 6.92 Å². The van der Waals surface area contributed by atoms with Crippen LogP contribution in [0.1, 0.15) is 30.6 Å². The number of amides is 1. The summed E-state index contributed by atoms with van der Waals surface area (Å²) < 4.78 is 13.4. The number of thioether (sulfide) groups is 1. The lowest BCUT2D eigenvalue weighted by Gasteiger charge is -2.25. The maximum atomic E-state index is 13.4. The Hall–Kier alpha value is -1.30. The van der Waals surface area contributed by atoms with Crippen molar-refractivity contribution in [3.63, 3.8) is 0 Å². The molecule has 1 unspecified atom stereocenters. The third kappa shape index (κ3) is 4.37. The van der Waals surface area contributed by atoms with Crippen LogP contribution in [0.4, 0.5) is 10.2 Å². The number of nitrogens with zero attached hydrogens (tertiary/aromatic N) is 2. The topological polar surface area (TPSA) is 45.2 Å². The second-order valence-corrected chi connectivity index (χ2v) is 5.61. The number of carbonyl (C=O) groups is 1. The minimum atomic E-state index is -0.499. The second kappa shape index (κ2) is 8.09. The van der Waals surface area contributed by atoms with Gasteiger partial charge in [0.25, 0.3) is 5.91 Å². The molecule has 1 atom stereocenters. The van der Waals surface area contributed by atoms with Gasteiger partial charge in [0, 0.05) is 25.4 Å². The van der Waals surface area contributed by atoms with Crippen LogP contribution in [-0.4, -0.2) is 47.4 Å². The molecular weight excluding hydrogens is 277 g/mol. The molecule has 0 spiro atoms. The standard InChI is InChI=1S/C14H22FN3OS/c1-5-6-16-13-12(7-11(15)8-17-13)14(19)18(3)10(2)9-20-4/h7-8,10H,5-6,9H2,1-4H3,(H,16,17). The SMILES string of the molecule is CCCNc1ncc(F)cc1C(=O)N(C)C(C)CSC. The van der Waals surface area contributed by atoms with Gasteiger partial charge in [0.15, 0.2) is 0 Å². The Kier molecular flexibility index (Phi) is 6.78. The minimum Gasteiger partial charge on any atom is -0.369 e. The summed E-state index contributed by atoms with van der Waals surface area (Å²) in [7, 11) is 1.73. The summed E-state index contributed by atoms with van der Waals surface area (Å²) in [5.41, 5.74) is 0.286. The molecule has 0 saturated carbocycles. The fourth-order valence-electron chi connectivity index (χ4n) is 1.73. The van der Waals surface area contributed by atoms with Gasteiger partial charge in [-0.05, 0) is 25.7 Å². The van der Waals surface area contributed by atoms with Crippen molar-refractivity contribution in [2.45, 2.75) is 26.3 Å². The Labute approximate surface area is 124 Å². The highest BCUT2D eigenvalue weighted by Crippen LogP contribution is 2.17. The molecule has 112 valence electrons. The fourth-order valence-corrected chi connectivity index (χ4v) is 2.44. The van der Waals surface area contributed by atoms with E-state index < -0.39 is 5.82 Å². The molecule has 1 aromatic heterocycles. The molecular formula is C14H22FN3OS. The van der Waals surface area contributed by atoms with E-state index in [1.54, 1.807) is 23.7 Å². The summed E-state index contributed by atoms with van der Waals surface area (Å²) in [4.78, 5) is 18.1. The molecule has 1 N–H and O–H groups in total. The van der Waals surface area contributed by atoms with Crippen LogP contribution in [0.2, 0.25) is 0 Å². The molecule has 0 aliphatic heterocycles. The van der Waals surface area contributed by atoms with Crippen molar-refractivity contribution in [3.05, 3.63) is 23.6 Å². The minimum absolute atomic E-state index is 0.0831. The number of pyridine rings is 1. The van der Waals surface area contributed by atoms with Crippen molar-refractivity contribution >= 4 is 23.5 Å². The van der Waals surface area contributed by atoms with Crippen molar-refractivity contribution in [1.82, 2.24) is 9.88 Å². The normalized spacial score (nSPS) is 12.1. The van der Waals surface area contributed by atoms with Crippen molar-refractivity contribution in [2.75, 3.05) is 30.9 Å². The summed E-state index contributed by atoms with van der Waals surface area (Å²) in [5, 5.41) is 3.07. The van der Waals surface area contributed by atoms with Gasteiger partial charge in [0.1, 0.15) is 11.6 Å². The average molecular weight is 299 g/mol. The van der Waals surface area contributed by atoms with E-state index in [4.69, 9.17) is 0 Å². The molecule has 4 nitrogen and oxygen atoms in total. The van der Waals surface area contributed by atoms with E-state index in [1.807, 2.05) is 20.1 Å². The molecule has 20 heavy (non-hydrogen) atoms. The predicted octanol–water partition coefficient (Wildman–Crippen LogP) is 2.87. The van der Waals surface area contributed by atoms with Gasteiger partial charge in [-0.25, -0.2) is 9.37 Å². The lowest BCUT2D eigenvalue weighted by Crippen LogP contribution is -2.37. The third-order valence-electron chi connectivity index (χ3n) is 3.02. The van der Waals surface area contributed by atoms with E-state index in [0.29, 0.717) is 12.4 Å². The van der Waals surface area contributed by atoms with Crippen LogP contribution < -0.4 is 5.32 Å². The van der Waals surface area contributed by atoms with Crippen LogP contribution in [0.5, 0.6) is 0 Å². The molecule has 6 heteroatoms. The Morgan fingerprint density at radius 2 is 2.30 bits per heavy atom. The van der Waals surface area contributed by atoms with Gasteiger partial charge < -0.3 is 10.2 Å². The molecule has 0 bridgehead atoms. The summed E-state index contributed by atoms with van der Waals surface area (Å²) in [6.45, 7) is 4.69. The quantitative estimate of drug-likeness (QED) is 0.841. The number of carbonyl (C=O) groups excluding carboxylic acids is 1. The van der Waals surface area contributed by atoms with Gasteiger partial charge in [-0.2, -0.15) is 11.8 Å². The lowest BCUT2D eigenvalue weighted by atomic mass is 10.2. The van der Waals surface area contributed by atoms with Gasteiger partial charge in [-0.3, -0.25) is 4.79 Å². The molecule has 0 aromatic carbocycles. The number of anilines is 1. The Morgan fingerprint density at radius 1 is 1.60 bits per heavy atom. The smallest absolute Gasteiger partial charge is 0.257 e. The Balaban J connectivity index is 2.97. The molecule has 1 rings (SSSR count). The average Bonchev–Trinajstić information content (AvgIpc) is 2.44. The summed E-state index contributed by atoms with van der Waals surface area (Å²) in [6, 6.07) is 1.33. The number of nitrogens with one attached hydrogen (secondary N) is 1. The Bertz CT molecular complexity index is 456. The van der Waals surface area contributed by atoms with Gasteiger partial charge in [0.2, 0.25) is 0 Å². The molecule has 0 radical (unpaired) electrons. The summed E-state index contributed by atoms with van der Waals surface area (Å²) in [5.74, 6) is 0.572. The van der Waals surface area contributed by atoms with Crippen LogP contribution >= 0.6 is 11.8 Å². The van der Waals surface area contributed by atoms with Crippen LogP contribution in [0.15, 0.2) is 12.3 Å². The van der Waals surface area contributed by atoms with Crippen LogP contribution in [0.3, 0.4) is 0 Å². The monoisotopic (exact) mass is 299 g/mol. The van der Waals surface area contributed by atoms with E-state index in [2.05, 4.69) is 10.3 Å². The highest BCUT2D eigenvalue weighted by atomic mass is 32.2. The van der Waals surface area contributed by atoms with Crippen LogP contribution in [-0.2, 0) is 0 Å².